The van der Waals surface area contributed by atoms with Crippen LogP contribution in [0, 0.1) is 10.1 Å². The Morgan fingerprint density at radius 3 is 2.50 bits per heavy atom. The van der Waals surface area contributed by atoms with E-state index < -0.39 is 4.92 Å². The fourth-order valence-electron chi connectivity index (χ4n) is 2.72. The van der Waals surface area contributed by atoms with Crippen LogP contribution in [0.2, 0.25) is 0 Å². The Hall–Kier alpha value is -3.44. The van der Waals surface area contributed by atoms with Gasteiger partial charge in [-0.2, -0.15) is 5.10 Å². The van der Waals surface area contributed by atoms with Crippen LogP contribution in [-0.2, 0) is 14.3 Å². The van der Waals surface area contributed by atoms with Gasteiger partial charge in [0, 0.05) is 30.1 Å². The molecule has 0 spiro atoms. The molecule has 10 nitrogen and oxygen atoms in total. The minimum absolute atomic E-state index is 0.00326. The number of nitro groups is 1. The van der Waals surface area contributed by atoms with Gasteiger partial charge in [-0.25, -0.2) is 5.43 Å². The summed E-state index contributed by atoms with van der Waals surface area (Å²) in [5.74, 6) is 0.311. The van der Waals surface area contributed by atoms with Crippen molar-refractivity contribution in [3.05, 3.63) is 64.2 Å². The minimum atomic E-state index is -0.473. The van der Waals surface area contributed by atoms with Gasteiger partial charge in [0.15, 0.2) is 6.61 Å². The van der Waals surface area contributed by atoms with Gasteiger partial charge < -0.3 is 14.4 Å². The zero-order chi connectivity index (χ0) is 22.8. The maximum atomic E-state index is 12.1. The number of nitrogens with one attached hydrogen (secondary N) is 1. The molecule has 0 radical (unpaired) electrons. The van der Waals surface area contributed by atoms with Crippen LogP contribution in [0.25, 0.3) is 0 Å². The molecule has 2 amide bonds. The first-order valence-electron chi connectivity index (χ1n) is 9.79. The number of non-ortho nitro benzene ring substituents is 1. The van der Waals surface area contributed by atoms with Crippen molar-refractivity contribution >= 4 is 35.5 Å². The number of nitro benzene ring substituents is 1. The Labute approximate surface area is 188 Å². The second-order valence-electron chi connectivity index (χ2n) is 6.68. The normalized spacial score (nSPS) is 13.7. The predicted molar refractivity (Wildman–Crippen MR) is 119 cm³/mol. The van der Waals surface area contributed by atoms with Gasteiger partial charge in [-0.1, -0.05) is 0 Å². The first kappa shape index (κ1) is 23.2. The summed E-state index contributed by atoms with van der Waals surface area (Å²) in [6.07, 6.45) is 1.50. The minimum Gasteiger partial charge on any atom is -0.484 e. The molecular weight excluding hydrogens is 436 g/mol. The van der Waals surface area contributed by atoms with Gasteiger partial charge >= 0.3 is 0 Å². The van der Waals surface area contributed by atoms with E-state index in [9.17, 15) is 19.7 Å². The molecule has 1 N–H and O–H groups in total. The van der Waals surface area contributed by atoms with Crippen LogP contribution in [0.1, 0.15) is 5.56 Å². The number of carbonyl (C=O) groups is 2. The molecule has 2 aromatic carbocycles. The molecule has 0 unspecified atom stereocenters. The molecule has 168 valence electrons. The Morgan fingerprint density at radius 1 is 1.16 bits per heavy atom. The number of hydrogen-bond donors (Lipinski definition) is 1. The second kappa shape index (κ2) is 11.8. The van der Waals surface area contributed by atoms with Gasteiger partial charge in [-0.3, -0.25) is 19.7 Å². The van der Waals surface area contributed by atoms with E-state index in [1.54, 1.807) is 41.3 Å². The van der Waals surface area contributed by atoms with Gasteiger partial charge in [-0.05, 0) is 42.0 Å². The molecule has 11 heteroatoms. The van der Waals surface area contributed by atoms with E-state index in [1.807, 2.05) is 0 Å². The summed E-state index contributed by atoms with van der Waals surface area (Å²) in [5.41, 5.74) is 3.19. The van der Waals surface area contributed by atoms with E-state index in [0.717, 1.165) is 10.5 Å². The topological polar surface area (TPSA) is 123 Å². The van der Waals surface area contributed by atoms with Crippen molar-refractivity contribution in [2.75, 3.05) is 38.7 Å². The standard InChI is InChI=1S/C21H22N4O6S/c26-20(15-32-19-7-3-17(4-8-19)25(28)29)23-22-13-16-1-5-18(6-2-16)31-14-21(27)24-9-11-30-12-10-24/h1-8,13H,9-12,14-15H2,(H,23,26)/b22-13-. The number of amides is 2. The zero-order valence-electron chi connectivity index (χ0n) is 17.1. The highest BCUT2D eigenvalue weighted by atomic mass is 32.2. The average Bonchev–Trinajstić information content (AvgIpc) is 2.83. The van der Waals surface area contributed by atoms with Crippen molar-refractivity contribution < 1.29 is 24.0 Å². The number of morpholine rings is 1. The Balaban J connectivity index is 1.37. The maximum Gasteiger partial charge on any atom is 0.269 e. The molecule has 1 aliphatic rings. The lowest BCUT2D eigenvalue weighted by Gasteiger charge is -2.26. The largest absolute Gasteiger partial charge is 0.484 e. The summed E-state index contributed by atoms with van der Waals surface area (Å²) in [7, 11) is 0. The van der Waals surface area contributed by atoms with Gasteiger partial charge in [0.05, 0.1) is 30.1 Å². The highest BCUT2D eigenvalue weighted by Gasteiger charge is 2.17. The first-order valence-corrected chi connectivity index (χ1v) is 10.8. The van der Waals surface area contributed by atoms with Crippen molar-refractivity contribution in [2.45, 2.75) is 4.90 Å². The molecule has 0 atom stereocenters. The number of hydrazone groups is 1. The highest BCUT2D eigenvalue weighted by molar-refractivity contribution is 8.00. The molecule has 1 fully saturated rings. The second-order valence-corrected chi connectivity index (χ2v) is 7.73. The van der Waals surface area contributed by atoms with Crippen LogP contribution >= 0.6 is 11.8 Å². The van der Waals surface area contributed by atoms with E-state index in [1.165, 1.54) is 30.1 Å². The summed E-state index contributed by atoms with van der Waals surface area (Å²) >= 11 is 1.25. The third kappa shape index (κ3) is 7.36. The average molecular weight is 458 g/mol. The summed E-state index contributed by atoms with van der Waals surface area (Å²) in [6.45, 7) is 2.22. The van der Waals surface area contributed by atoms with Crippen molar-refractivity contribution in [1.82, 2.24) is 10.3 Å². The van der Waals surface area contributed by atoms with Gasteiger partial charge in [-0.15, -0.1) is 11.8 Å². The fraction of sp³-hybridized carbons (Fsp3) is 0.286. The van der Waals surface area contributed by atoms with Crippen LogP contribution in [0.5, 0.6) is 5.75 Å². The van der Waals surface area contributed by atoms with Crippen molar-refractivity contribution in [3.8, 4) is 5.75 Å². The highest BCUT2D eigenvalue weighted by Crippen LogP contribution is 2.21. The van der Waals surface area contributed by atoms with Crippen LogP contribution in [0.4, 0.5) is 5.69 Å². The Bertz CT molecular complexity index is 959. The van der Waals surface area contributed by atoms with Crippen LogP contribution < -0.4 is 10.2 Å². The van der Waals surface area contributed by atoms with E-state index >= 15 is 0 Å². The summed E-state index contributed by atoms with van der Waals surface area (Å²) < 4.78 is 10.7. The fourth-order valence-corrected chi connectivity index (χ4v) is 3.41. The van der Waals surface area contributed by atoms with E-state index in [-0.39, 0.29) is 29.9 Å². The molecule has 1 saturated heterocycles. The molecule has 0 aliphatic carbocycles. The molecule has 1 aliphatic heterocycles. The number of rotatable bonds is 9. The number of ether oxygens (including phenoxy) is 2. The number of hydrogen-bond acceptors (Lipinski definition) is 8. The summed E-state index contributed by atoms with van der Waals surface area (Å²) in [4.78, 5) is 36.6. The predicted octanol–water partition coefficient (Wildman–Crippen LogP) is 2.07. The van der Waals surface area contributed by atoms with E-state index in [4.69, 9.17) is 9.47 Å². The summed E-state index contributed by atoms with van der Waals surface area (Å²) in [5, 5.41) is 14.6. The lowest BCUT2D eigenvalue weighted by Crippen LogP contribution is -2.42. The molecule has 0 saturated carbocycles. The molecular formula is C21H22N4O6S. The third-order valence-electron chi connectivity index (χ3n) is 4.43. The van der Waals surface area contributed by atoms with Crippen molar-refractivity contribution in [1.29, 1.82) is 0 Å². The third-order valence-corrected chi connectivity index (χ3v) is 5.44. The molecule has 32 heavy (non-hydrogen) atoms. The first-order chi connectivity index (χ1) is 15.5. The Morgan fingerprint density at radius 2 is 1.84 bits per heavy atom. The number of carbonyl (C=O) groups excluding carboxylic acids is 2. The number of thioether (sulfide) groups is 1. The molecule has 2 aromatic rings. The lowest BCUT2D eigenvalue weighted by atomic mass is 10.2. The van der Waals surface area contributed by atoms with Crippen LogP contribution in [0.3, 0.4) is 0 Å². The quantitative estimate of drug-likeness (QED) is 0.264. The number of benzene rings is 2. The van der Waals surface area contributed by atoms with Gasteiger partial charge in [0.1, 0.15) is 5.75 Å². The van der Waals surface area contributed by atoms with Gasteiger partial charge in [0.2, 0.25) is 5.91 Å². The van der Waals surface area contributed by atoms with Crippen LogP contribution in [0.15, 0.2) is 58.5 Å². The maximum absolute atomic E-state index is 12.1. The summed E-state index contributed by atoms with van der Waals surface area (Å²) in [6, 6.07) is 12.9. The van der Waals surface area contributed by atoms with Crippen molar-refractivity contribution in [3.63, 3.8) is 0 Å². The lowest BCUT2D eigenvalue weighted by molar-refractivity contribution is -0.384. The monoisotopic (exact) mass is 458 g/mol. The van der Waals surface area contributed by atoms with Crippen molar-refractivity contribution in [2.24, 2.45) is 5.10 Å². The molecule has 0 aromatic heterocycles. The molecule has 0 bridgehead atoms. The van der Waals surface area contributed by atoms with Crippen LogP contribution in [-0.4, -0.2) is 66.5 Å². The Kier molecular flexibility index (Phi) is 8.58. The number of nitrogens with zero attached hydrogens (tertiary/aromatic N) is 3. The molecule has 1 heterocycles. The van der Waals surface area contributed by atoms with E-state index in [2.05, 4.69) is 10.5 Å². The van der Waals surface area contributed by atoms with Gasteiger partial charge in [0.25, 0.3) is 11.6 Å². The zero-order valence-corrected chi connectivity index (χ0v) is 18.0. The van der Waals surface area contributed by atoms with E-state index in [0.29, 0.717) is 32.1 Å². The molecule has 3 rings (SSSR count). The smallest absolute Gasteiger partial charge is 0.269 e. The SMILES string of the molecule is O=C(CSc1ccc([N+](=O)[O-])cc1)N/N=C\c1ccc(OCC(=O)N2CCOCC2)cc1.